The maximum absolute atomic E-state index is 3.68. The predicted molar refractivity (Wildman–Crippen MR) is 57.2 cm³/mol. The SMILES string of the molecule is C=CCCCC=CCCCC=C. The average Bonchev–Trinajstić information content (AvgIpc) is 2.10. The van der Waals surface area contributed by atoms with Gasteiger partial charge in [-0.2, -0.15) is 0 Å². The minimum atomic E-state index is 1.14. The highest BCUT2D eigenvalue weighted by Gasteiger charge is 1.80. The Hall–Kier alpha value is -0.780. The lowest BCUT2D eigenvalue weighted by Gasteiger charge is -1.90. The Bertz CT molecular complexity index is 115. The molecule has 0 atom stereocenters. The Labute approximate surface area is 76.7 Å². The van der Waals surface area contributed by atoms with E-state index >= 15 is 0 Å². The van der Waals surface area contributed by atoms with Crippen molar-refractivity contribution in [2.75, 3.05) is 0 Å². The van der Waals surface area contributed by atoms with Gasteiger partial charge < -0.3 is 0 Å². The van der Waals surface area contributed by atoms with Gasteiger partial charge in [-0.15, -0.1) is 13.2 Å². The van der Waals surface area contributed by atoms with Crippen LogP contribution in [0.5, 0.6) is 0 Å². The van der Waals surface area contributed by atoms with Crippen LogP contribution in [0.2, 0.25) is 0 Å². The number of rotatable bonds is 8. The molecular weight excluding hydrogens is 144 g/mol. The Kier molecular flexibility index (Phi) is 9.56. The van der Waals surface area contributed by atoms with Crippen molar-refractivity contribution in [3.63, 3.8) is 0 Å². The quantitative estimate of drug-likeness (QED) is 0.371. The molecular formula is C12H20. The fraction of sp³-hybridized carbons (Fsp3) is 0.500. The second-order valence-corrected chi connectivity index (χ2v) is 2.91. The molecule has 68 valence electrons. The van der Waals surface area contributed by atoms with E-state index in [9.17, 15) is 0 Å². The van der Waals surface area contributed by atoms with E-state index in [1.54, 1.807) is 0 Å². The van der Waals surface area contributed by atoms with Crippen molar-refractivity contribution in [3.05, 3.63) is 37.5 Å². The number of allylic oxidation sites excluding steroid dienone is 4. The molecule has 0 heterocycles. The molecule has 0 saturated carbocycles. The molecule has 0 bridgehead atoms. The van der Waals surface area contributed by atoms with E-state index < -0.39 is 0 Å². The first kappa shape index (κ1) is 11.2. The van der Waals surface area contributed by atoms with Gasteiger partial charge in [-0.3, -0.25) is 0 Å². The summed E-state index contributed by atoms with van der Waals surface area (Å²) in [4.78, 5) is 0. The average molecular weight is 164 g/mol. The summed E-state index contributed by atoms with van der Waals surface area (Å²) in [6.07, 6.45) is 15.6. The third-order valence-electron chi connectivity index (χ3n) is 1.72. The Morgan fingerprint density at radius 1 is 0.667 bits per heavy atom. The molecule has 0 aliphatic rings. The fourth-order valence-corrected chi connectivity index (χ4v) is 0.996. The molecule has 0 heteroatoms. The third kappa shape index (κ3) is 9.22. The maximum atomic E-state index is 3.68. The van der Waals surface area contributed by atoms with Crippen LogP contribution in [-0.2, 0) is 0 Å². The van der Waals surface area contributed by atoms with Crippen LogP contribution in [0.15, 0.2) is 37.5 Å². The molecule has 0 rings (SSSR count). The van der Waals surface area contributed by atoms with Gasteiger partial charge >= 0.3 is 0 Å². The number of hydrogen-bond acceptors (Lipinski definition) is 0. The molecule has 0 amide bonds. The lowest BCUT2D eigenvalue weighted by atomic mass is 10.2. The zero-order chi connectivity index (χ0) is 9.07. The Morgan fingerprint density at radius 2 is 1.08 bits per heavy atom. The van der Waals surface area contributed by atoms with Crippen LogP contribution in [0.1, 0.15) is 38.5 Å². The molecule has 0 aliphatic carbocycles. The van der Waals surface area contributed by atoms with Crippen LogP contribution in [0, 0.1) is 0 Å². The second-order valence-electron chi connectivity index (χ2n) is 2.91. The zero-order valence-corrected chi connectivity index (χ0v) is 7.97. The lowest BCUT2D eigenvalue weighted by Crippen LogP contribution is -1.70. The summed E-state index contributed by atoms with van der Waals surface area (Å²) in [6.45, 7) is 7.37. The normalized spacial score (nSPS) is 10.3. The molecule has 0 N–H and O–H groups in total. The van der Waals surface area contributed by atoms with Crippen molar-refractivity contribution >= 4 is 0 Å². The summed E-state index contributed by atoms with van der Waals surface area (Å²) in [7, 11) is 0. The first-order chi connectivity index (χ1) is 5.91. The van der Waals surface area contributed by atoms with E-state index in [-0.39, 0.29) is 0 Å². The predicted octanol–water partition coefficient (Wildman–Crippen LogP) is 4.26. The van der Waals surface area contributed by atoms with Gasteiger partial charge in [0.1, 0.15) is 0 Å². The monoisotopic (exact) mass is 164 g/mol. The molecule has 0 aromatic rings. The van der Waals surface area contributed by atoms with Crippen molar-refractivity contribution in [2.45, 2.75) is 38.5 Å². The van der Waals surface area contributed by atoms with Crippen LogP contribution < -0.4 is 0 Å². The Balaban J connectivity index is 3.02. The highest BCUT2D eigenvalue weighted by molar-refractivity contribution is 4.83. The van der Waals surface area contributed by atoms with Crippen LogP contribution >= 0.6 is 0 Å². The maximum Gasteiger partial charge on any atom is -0.0348 e. The van der Waals surface area contributed by atoms with Crippen molar-refractivity contribution in [2.24, 2.45) is 0 Å². The van der Waals surface area contributed by atoms with Crippen LogP contribution in [0.25, 0.3) is 0 Å². The molecule has 0 fully saturated rings. The van der Waals surface area contributed by atoms with E-state index in [4.69, 9.17) is 0 Å². The van der Waals surface area contributed by atoms with Gasteiger partial charge in [-0.05, 0) is 38.5 Å². The third-order valence-corrected chi connectivity index (χ3v) is 1.72. The van der Waals surface area contributed by atoms with Gasteiger partial charge in [0.25, 0.3) is 0 Å². The molecule has 0 aliphatic heterocycles. The van der Waals surface area contributed by atoms with E-state index in [0.717, 1.165) is 12.8 Å². The van der Waals surface area contributed by atoms with Gasteiger partial charge in [0.05, 0.1) is 0 Å². The first-order valence-corrected chi connectivity index (χ1v) is 4.78. The van der Waals surface area contributed by atoms with Crippen molar-refractivity contribution in [1.29, 1.82) is 0 Å². The van der Waals surface area contributed by atoms with E-state index in [0.29, 0.717) is 0 Å². The van der Waals surface area contributed by atoms with Gasteiger partial charge in [-0.25, -0.2) is 0 Å². The van der Waals surface area contributed by atoms with Crippen molar-refractivity contribution < 1.29 is 0 Å². The minimum Gasteiger partial charge on any atom is -0.103 e. The number of unbranched alkanes of at least 4 members (excludes halogenated alkanes) is 4. The van der Waals surface area contributed by atoms with E-state index in [2.05, 4.69) is 25.3 Å². The van der Waals surface area contributed by atoms with E-state index in [1.807, 2.05) is 12.2 Å². The smallest absolute Gasteiger partial charge is 0.0348 e. The Morgan fingerprint density at radius 3 is 1.42 bits per heavy atom. The highest BCUT2D eigenvalue weighted by atomic mass is 13.9. The van der Waals surface area contributed by atoms with Crippen LogP contribution in [-0.4, -0.2) is 0 Å². The second kappa shape index (κ2) is 10.2. The van der Waals surface area contributed by atoms with Gasteiger partial charge in [0.2, 0.25) is 0 Å². The number of hydrogen-bond donors (Lipinski definition) is 0. The molecule has 0 spiro atoms. The van der Waals surface area contributed by atoms with Gasteiger partial charge in [-0.1, -0.05) is 24.3 Å². The summed E-state index contributed by atoms with van der Waals surface area (Å²) in [6, 6.07) is 0. The van der Waals surface area contributed by atoms with Crippen LogP contribution in [0.3, 0.4) is 0 Å². The first-order valence-electron chi connectivity index (χ1n) is 4.78. The molecule has 0 saturated heterocycles. The molecule has 0 radical (unpaired) electrons. The highest BCUT2D eigenvalue weighted by Crippen LogP contribution is 2.00. The minimum absolute atomic E-state index is 1.14. The van der Waals surface area contributed by atoms with Crippen molar-refractivity contribution in [1.82, 2.24) is 0 Å². The summed E-state index contributed by atoms with van der Waals surface area (Å²) < 4.78 is 0. The summed E-state index contributed by atoms with van der Waals surface area (Å²) >= 11 is 0. The molecule has 0 aromatic carbocycles. The largest absolute Gasteiger partial charge is 0.103 e. The summed E-state index contributed by atoms with van der Waals surface area (Å²) in [5, 5.41) is 0. The summed E-state index contributed by atoms with van der Waals surface area (Å²) in [5.41, 5.74) is 0. The standard InChI is InChI=1S/C12H20/c1-3-5-7-9-11-12-10-8-6-4-2/h3-4,11-12H,1-2,5-10H2. The van der Waals surface area contributed by atoms with Crippen molar-refractivity contribution in [3.8, 4) is 0 Å². The van der Waals surface area contributed by atoms with Crippen LogP contribution in [0.4, 0.5) is 0 Å². The molecule has 12 heavy (non-hydrogen) atoms. The summed E-state index contributed by atoms with van der Waals surface area (Å²) in [5.74, 6) is 0. The van der Waals surface area contributed by atoms with Gasteiger partial charge in [0.15, 0.2) is 0 Å². The molecule has 0 aromatic heterocycles. The lowest BCUT2D eigenvalue weighted by molar-refractivity contribution is 0.842. The fourth-order valence-electron chi connectivity index (χ4n) is 0.996. The van der Waals surface area contributed by atoms with E-state index in [1.165, 1.54) is 25.7 Å². The zero-order valence-electron chi connectivity index (χ0n) is 7.97. The molecule has 0 nitrogen and oxygen atoms in total. The molecule has 0 unspecified atom stereocenters. The topological polar surface area (TPSA) is 0 Å². The van der Waals surface area contributed by atoms with Gasteiger partial charge in [0, 0.05) is 0 Å².